The van der Waals surface area contributed by atoms with Gasteiger partial charge in [0, 0.05) is 0 Å². The molecule has 0 aromatic heterocycles. The normalized spacial score (nSPS) is 18.3. The molecule has 5 nitrogen and oxygen atoms in total. The van der Waals surface area contributed by atoms with Crippen molar-refractivity contribution in [2.75, 3.05) is 6.61 Å². The molecule has 0 spiro atoms. The number of aliphatic hydroxyl groups excluding tert-OH is 3. The quantitative estimate of drug-likeness (QED) is 0.433. The van der Waals surface area contributed by atoms with Gasteiger partial charge in [-0.3, -0.25) is 0 Å². The van der Waals surface area contributed by atoms with Gasteiger partial charge in [0.05, 0.1) is 6.61 Å². The first-order valence-corrected chi connectivity index (χ1v) is 4.39. The first kappa shape index (κ1) is 14.6. The van der Waals surface area contributed by atoms with Gasteiger partial charge >= 0.3 is 5.51 Å². The molecule has 15 heavy (non-hydrogen) atoms. The van der Waals surface area contributed by atoms with E-state index in [4.69, 9.17) is 15.3 Å². The van der Waals surface area contributed by atoms with Gasteiger partial charge in [0.15, 0.2) is 6.29 Å². The maximum atomic E-state index is 11.5. The predicted molar refractivity (Wildman–Crippen MR) is 43.7 cm³/mol. The fraction of sp³-hybridized carbons (Fsp3) is 0.833. The first-order chi connectivity index (χ1) is 6.78. The maximum absolute atomic E-state index is 11.5. The Balaban J connectivity index is 3.83. The summed E-state index contributed by atoms with van der Waals surface area (Å²) in [7, 11) is 0. The van der Waals surface area contributed by atoms with E-state index < -0.39 is 42.5 Å². The number of hydrogen-bond donors (Lipinski definition) is 3. The van der Waals surface area contributed by atoms with E-state index in [2.05, 4.69) is 4.18 Å². The Labute approximate surface area is 87.1 Å². The summed E-state index contributed by atoms with van der Waals surface area (Å²) in [6, 6.07) is 0. The Morgan fingerprint density at radius 3 is 2.27 bits per heavy atom. The molecular weight excluding hydrogens is 241 g/mol. The Morgan fingerprint density at radius 1 is 1.33 bits per heavy atom. The van der Waals surface area contributed by atoms with Crippen LogP contribution >= 0.6 is 12.0 Å². The molecule has 0 aliphatic heterocycles. The van der Waals surface area contributed by atoms with Crippen molar-refractivity contribution >= 4 is 18.3 Å². The van der Waals surface area contributed by atoms with Gasteiger partial charge in [-0.05, 0) is 0 Å². The monoisotopic (exact) mass is 250 g/mol. The highest BCUT2D eigenvalue weighted by molar-refractivity contribution is 7.95. The third-order valence-electron chi connectivity index (χ3n) is 1.28. The van der Waals surface area contributed by atoms with Gasteiger partial charge in [0.1, 0.15) is 30.4 Å². The minimum absolute atomic E-state index is 0.0508. The van der Waals surface area contributed by atoms with Crippen LogP contribution in [0.15, 0.2) is 0 Å². The average Bonchev–Trinajstić information content (AvgIpc) is 2.13. The topological polar surface area (TPSA) is 87.0 Å². The van der Waals surface area contributed by atoms with Crippen LogP contribution < -0.4 is 0 Å². The van der Waals surface area contributed by atoms with Gasteiger partial charge in [-0.1, -0.05) is 0 Å². The lowest BCUT2D eigenvalue weighted by Gasteiger charge is -2.18. The van der Waals surface area contributed by atoms with Crippen molar-refractivity contribution in [2.45, 2.75) is 23.8 Å². The molecule has 0 aromatic rings. The van der Waals surface area contributed by atoms with Crippen molar-refractivity contribution < 1.29 is 37.5 Å². The van der Waals surface area contributed by atoms with Crippen LogP contribution in [0, 0.1) is 0 Å². The molecule has 0 aliphatic carbocycles. The summed E-state index contributed by atoms with van der Waals surface area (Å²) in [5.74, 6) is 0. The zero-order valence-electron chi connectivity index (χ0n) is 7.22. The molecule has 0 saturated heterocycles. The fourth-order valence-corrected chi connectivity index (χ4v) is 0.918. The molecular formula is C6H9F3O5S. The first-order valence-electron chi connectivity index (χ1n) is 3.64. The van der Waals surface area contributed by atoms with Crippen LogP contribution in [0.5, 0.6) is 0 Å². The highest BCUT2D eigenvalue weighted by Gasteiger charge is 2.31. The van der Waals surface area contributed by atoms with E-state index in [0.717, 1.165) is 0 Å². The summed E-state index contributed by atoms with van der Waals surface area (Å²) in [6.07, 6.45) is -5.57. The summed E-state index contributed by atoms with van der Waals surface area (Å²) < 4.78 is 38.5. The lowest BCUT2D eigenvalue weighted by atomic mass is 10.1. The largest absolute Gasteiger partial charge is 0.467 e. The van der Waals surface area contributed by atoms with E-state index in [1.54, 1.807) is 0 Å². The molecule has 0 bridgehead atoms. The second-order valence-electron chi connectivity index (χ2n) is 2.50. The zero-order valence-corrected chi connectivity index (χ0v) is 8.03. The standard InChI is InChI=1S/C6H9F3O5S/c7-6(8,9)15-14-2-4(12)5(13)3(11)1-10/h1,3-5,11-13H,2H2/t3-,4+,5-/m0/s1. The van der Waals surface area contributed by atoms with Crippen LogP contribution in [0.1, 0.15) is 0 Å². The van der Waals surface area contributed by atoms with Crippen molar-refractivity contribution in [2.24, 2.45) is 0 Å². The van der Waals surface area contributed by atoms with Crippen LogP contribution in [0.3, 0.4) is 0 Å². The van der Waals surface area contributed by atoms with Crippen molar-refractivity contribution in [3.05, 3.63) is 0 Å². The molecule has 9 heteroatoms. The molecule has 0 saturated carbocycles. The molecule has 0 rings (SSSR count). The molecule has 3 N–H and O–H groups in total. The van der Waals surface area contributed by atoms with Gasteiger partial charge < -0.3 is 24.3 Å². The summed E-state index contributed by atoms with van der Waals surface area (Å²) in [5, 5.41) is 26.5. The van der Waals surface area contributed by atoms with Gasteiger partial charge in [-0.25, -0.2) is 0 Å². The van der Waals surface area contributed by atoms with Crippen LogP contribution in [0.25, 0.3) is 0 Å². The van der Waals surface area contributed by atoms with E-state index in [0.29, 0.717) is 0 Å². The molecule has 0 heterocycles. The van der Waals surface area contributed by atoms with Crippen molar-refractivity contribution in [1.82, 2.24) is 0 Å². The number of aliphatic hydroxyl groups is 3. The van der Waals surface area contributed by atoms with Gasteiger partial charge in [-0.2, -0.15) is 13.2 Å². The lowest BCUT2D eigenvalue weighted by molar-refractivity contribution is -0.127. The lowest BCUT2D eigenvalue weighted by Crippen LogP contribution is -2.40. The van der Waals surface area contributed by atoms with E-state index in [1.165, 1.54) is 0 Å². The minimum atomic E-state index is -4.62. The number of carbonyl (C=O) groups is 1. The summed E-state index contributed by atoms with van der Waals surface area (Å²) in [4.78, 5) is 9.94. The number of rotatable bonds is 6. The fourth-order valence-electron chi connectivity index (χ4n) is 0.577. The van der Waals surface area contributed by atoms with E-state index in [9.17, 15) is 18.0 Å². The molecule has 0 aromatic carbocycles. The summed E-state index contributed by atoms with van der Waals surface area (Å²) in [6.45, 7) is -0.865. The van der Waals surface area contributed by atoms with Gasteiger partial charge in [0.2, 0.25) is 0 Å². The smallest absolute Gasteiger partial charge is 0.388 e. The average molecular weight is 250 g/mol. The number of aldehydes is 1. The molecule has 3 atom stereocenters. The predicted octanol–water partition coefficient (Wildman–Crippen LogP) is -0.547. The van der Waals surface area contributed by atoms with Crippen LogP contribution in [-0.2, 0) is 8.98 Å². The van der Waals surface area contributed by atoms with E-state index >= 15 is 0 Å². The number of alkyl halides is 3. The summed E-state index contributed by atoms with van der Waals surface area (Å²) >= 11 is -0.842. The molecule has 90 valence electrons. The second kappa shape index (κ2) is 6.28. The summed E-state index contributed by atoms with van der Waals surface area (Å²) in [5.41, 5.74) is -4.62. The van der Waals surface area contributed by atoms with E-state index in [-0.39, 0.29) is 6.29 Å². The van der Waals surface area contributed by atoms with Crippen LogP contribution in [-0.4, -0.2) is 52.0 Å². The maximum Gasteiger partial charge on any atom is 0.467 e. The Kier molecular flexibility index (Phi) is 6.13. The minimum Gasteiger partial charge on any atom is -0.388 e. The Morgan fingerprint density at radius 2 is 1.87 bits per heavy atom. The highest BCUT2D eigenvalue weighted by Crippen LogP contribution is 2.30. The number of halogens is 3. The third-order valence-corrected chi connectivity index (χ3v) is 1.72. The highest BCUT2D eigenvalue weighted by atomic mass is 32.2. The van der Waals surface area contributed by atoms with Gasteiger partial charge in [-0.15, -0.1) is 0 Å². The van der Waals surface area contributed by atoms with Crippen LogP contribution in [0.2, 0.25) is 0 Å². The number of hydrogen-bond acceptors (Lipinski definition) is 6. The van der Waals surface area contributed by atoms with Crippen molar-refractivity contribution in [1.29, 1.82) is 0 Å². The van der Waals surface area contributed by atoms with Crippen molar-refractivity contribution in [3.63, 3.8) is 0 Å². The third kappa shape index (κ3) is 6.68. The second-order valence-corrected chi connectivity index (χ2v) is 3.36. The van der Waals surface area contributed by atoms with Crippen LogP contribution in [0.4, 0.5) is 13.2 Å². The molecule has 0 fully saturated rings. The Bertz CT molecular complexity index is 200. The van der Waals surface area contributed by atoms with E-state index in [1.807, 2.05) is 0 Å². The van der Waals surface area contributed by atoms with Gasteiger partial charge in [0.25, 0.3) is 0 Å². The SMILES string of the molecule is O=C[C@H](O)[C@H](O)[C@H](O)COSC(F)(F)F. The molecule has 0 unspecified atom stereocenters. The number of carbonyl (C=O) groups excluding carboxylic acids is 1. The Hall–Kier alpha value is -0.350. The molecule has 0 aliphatic rings. The molecule has 0 amide bonds. The zero-order chi connectivity index (χ0) is 12.1. The molecule has 0 radical (unpaired) electrons. The van der Waals surface area contributed by atoms with Crippen molar-refractivity contribution in [3.8, 4) is 0 Å².